The lowest BCUT2D eigenvalue weighted by Crippen LogP contribution is -2.39. The summed E-state index contributed by atoms with van der Waals surface area (Å²) in [6, 6.07) is 10.7. The van der Waals surface area contributed by atoms with Crippen LogP contribution in [0.1, 0.15) is 22.3 Å². The molecular weight excluding hydrogens is 290 g/mol. The van der Waals surface area contributed by atoms with Gasteiger partial charge in [0.25, 0.3) is 5.91 Å². The Hall–Kier alpha value is -2.08. The van der Waals surface area contributed by atoms with Crippen LogP contribution >= 0.6 is 0 Å². The Labute approximate surface area is 123 Å². The normalized spacial score (nSPS) is 20.6. The molecule has 1 atom stereocenters. The zero-order valence-electron chi connectivity index (χ0n) is 11.3. The van der Waals surface area contributed by atoms with E-state index in [4.69, 9.17) is 4.42 Å². The van der Waals surface area contributed by atoms with Crippen molar-refractivity contribution in [2.45, 2.75) is 18.9 Å². The molecule has 0 aliphatic carbocycles. The Kier molecular flexibility index (Phi) is 3.55. The number of furan rings is 1. The van der Waals surface area contributed by atoms with E-state index in [1.165, 1.54) is 18.6 Å². The summed E-state index contributed by atoms with van der Waals surface area (Å²) in [6.07, 6.45) is 3.63. The second kappa shape index (κ2) is 5.37. The van der Waals surface area contributed by atoms with Crippen LogP contribution in [0.25, 0.3) is 0 Å². The summed E-state index contributed by atoms with van der Waals surface area (Å²) >= 11 is 0. The molecule has 2 aromatic rings. The maximum Gasteiger partial charge on any atom is 0.270 e. The Morgan fingerprint density at radius 3 is 2.67 bits per heavy atom. The molecule has 0 bridgehead atoms. The van der Waals surface area contributed by atoms with Gasteiger partial charge in [0.15, 0.2) is 0 Å². The molecule has 1 aromatic heterocycles. The van der Waals surface area contributed by atoms with Gasteiger partial charge in [-0.1, -0.05) is 30.3 Å². The summed E-state index contributed by atoms with van der Waals surface area (Å²) in [5.74, 6) is -0.504. The molecule has 0 radical (unpaired) electrons. The molecule has 0 N–H and O–H groups in total. The maximum absolute atomic E-state index is 12.4. The van der Waals surface area contributed by atoms with Gasteiger partial charge in [-0.15, -0.1) is 0 Å². The van der Waals surface area contributed by atoms with Crippen LogP contribution < -0.4 is 0 Å². The van der Waals surface area contributed by atoms with Crippen molar-refractivity contribution in [3.63, 3.8) is 0 Å². The van der Waals surface area contributed by atoms with Crippen LogP contribution in [0.5, 0.6) is 0 Å². The van der Waals surface area contributed by atoms with Gasteiger partial charge in [0, 0.05) is 0 Å². The molecule has 1 aromatic carbocycles. The van der Waals surface area contributed by atoms with Crippen molar-refractivity contribution >= 4 is 15.9 Å². The van der Waals surface area contributed by atoms with E-state index in [2.05, 4.69) is 0 Å². The number of nitrogens with zero attached hydrogens (tertiary/aromatic N) is 1. The first-order chi connectivity index (χ1) is 10.1. The first-order valence-electron chi connectivity index (χ1n) is 6.70. The number of benzene rings is 1. The van der Waals surface area contributed by atoms with E-state index in [-0.39, 0.29) is 17.4 Å². The fourth-order valence-electron chi connectivity index (χ4n) is 2.60. The summed E-state index contributed by atoms with van der Waals surface area (Å²) in [7, 11) is -3.54. The van der Waals surface area contributed by atoms with Crippen molar-refractivity contribution in [2.24, 2.45) is 0 Å². The van der Waals surface area contributed by atoms with Gasteiger partial charge in [-0.2, -0.15) is 0 Å². The van der Waals surface area contributed by atoms with Gasteiger partial charge in [-0.25, -0.2) is 12.7 Å². The van der Waals surface area contributed by atoms with Gasteiger partial charge in [0.1, 0.15) is 6.26 Å². The number of hydrogen-bond donors (Lipinski definition) is 0. The van der Waals surface area contributed by atoms with Crippen LogP contribution in [0.3, 0.4) is 0 Å². The standard InChI is InChI=1S/C15H15NO4S/c17-15(13-6-8-20-11-13)16-14(7-9-21(16,18)19)10-12-4-2-1-3-5-12/h1-6,8,11,14H,7,9-10H2. The first-order valence-corrected chi connectivity index (χ1v) is 8.31. The van der Waals surface area contributed by atoms with Crippen LogP contribution in [0.4, 0.5) is 0 Å². The van der Waals surface area contributed by atoms with Gasteiger partial charge < -0.3 is 4.42 Å². The molecule has 21 heavy (non-hydrogen) atoms. The Balaban J connectivity index is 1.88. The van der Waals surface area contributed by atoms with Crippen molar-refractivity contribution in [1.82, 2.24) is 4.31 Å². The molecule has 0 spiro atoms. The van der Waals surface area contributed by atoms with Crippen molar-refractivity contribution in [2.75, 3.05) is 5.75 Å². The lowest BCUT2D eigenvalue weighted by Gasteiger charge is -2.22. The molecule has 1 aliphatic heterocycles. The number of rotatable bonds is 3. The van der Waals surface area contributed by atoms with E-state index in [9.17, 15) is 13.2 Å². The number of sulfonamides is 1. The molecule has 0 saturated carbocycles. The van der Waals surface area contributed by atoms with Crippen molar-refractivity contribution < 1.29 is 17.6 Å². The third kappa shape index (κ3) is 2.71. The highest BCUT2D eigenvalue weighted by atomic mass is 32.2. The van der Waals surface area contributed by atoms with Crippen molar-refractivity contribution in [3.8, 4) is 0 Å². The number of carbonyl (C=O) groups is 1. The number of amides is 1. The molecule has 1 amide bonds. The van der Waals surface area contributed by atoms with Crippen LogP contribution in [-0.2, 0) is 16.4 Å². The highest BCUT2D eigenvalue weighted by molar-refractivity contribution is 7.89. The maximum atomic E-state index is 12.4. The second-order valence-corrected chi connectivity index (χ2v) is 7.03. The summed E-state index contributed by atoms with van der Waals surface area (Å²) in [6.45, 7) is 0. The van der Waals surface area contributed by atoms with Gasteiger partial charge in [0.2, 0.25) is 10.0 Å². The molecule has 1 saturated heterocycles. The topological polar surface area (TPSA) is 67.6 Å². The van der Waals surface area contributed by atoms with Crippen LogP contribution in [0, 0.1) is 0 Å². The third-order valence-electron chi connectivity index (χ3n) is 3.62. The van der Waals surface area contributed by atoms with Gasteiger partial charge >= 0.3 is 0 Å². The van der Waals surface area contributed by atoms with E-state index >= 15 is 0 Å². The number of hydrogen-bond acceptors (Lipinski definition) is 4. The van der Waals surface area contributed by atoms with E-state index in [1.807, 2.05) is 30.3 Å². The summed E-state index contributed by atoms with van der Waals surface area (Å²) in [5.41, 5.74) is 1.28. The Morgan fingerprint density at radius 2 is 2.00 bits per heavy atom. The monoisotopic (exact) mass is 305 g/mol. The largest absolute Gasteiger partial charge is 0.472 e. The summed E-state index contributed by atoms with van der Waals surface area (Å²) < 4.78 is 30.2. The molecular formula is C15H15NO4S. The Morgan fingerprint density at radius 1 is 1.24 bits per heavy atom. The quantitative estimate of drug-likeness (QED) is 0.870. The minimum atomic E-state index is -3.54. The lowest BCUT2D eigenvalue weighted by molar-refractivity contribution is 0.0831. The highest BCUT2D eigenvalue weighted by Gasteiger charge is 2.41. The third-order valence-corrected chi connectivity index (χ3v) is 5.44. The molecule has 6 heteroatoms. The minimum Gasteiger partial charge on any atom is -0.472 e. The summed E-state index contributed by atoms with van der Waals surface area (Å²) in [4.78, 5) is 12.4. The predicted molar refractivity (Wildman–Crippen MR) is 77.2 cm³/mol. The van der Waals surface area contributed by atoms with E-state index in [0.29, 0.717) is 12.8 Å². The zero-order valence-corrected chi connectivity index (χ0v) is 12.1. The predicted octanol–water partition coefficient (Wildman–Crippen LogP) is 2.07. The molecule has 1 fully saturated rings. The molecule has 2 heterocycles. The van der Waals surface area contributed by atoms with Crippen LogP contribution in [0.15, 0.2) is 53.3 Å². The average molecular weight is 305 g/mol. The van der Waals surface area contributed by atoms with E-state index in [0.717, 1.165) is 9.87 Å². The minimum absolute atomic E-state index is 0.00803. The fraction of sp³-hybridized carbons (Fsp3) is 0.267. The molecule has 1 unspecified atom stereocenters. The van der Waals surface area contributed by atoms with Gasteiger partial charge in [-0.05, 0) is 24.5 Å². The smallest absolute Gasteiger partial charge is 0.270 e. The highest BCUT2D eigenvalue weighted by Crippen LogP contribution is 2.26. The average Bonchev–Trinajstić information content (AvgIpc) is 3.08. The van der Waals surface area contributed by atoms with E-state index < -0.39 is 15.9 Å². The molecule has 5 nitrogen and oxygen atoms in total. The number of carbonyl (C=O) groups excluding carboxylic acids is 1. The lowest BCUT2D eigenvalue weighted by atomic mass is 10.0. The van der Waals surface area contributed by atoms with E-state index in [1.54, 1.807) is 0 Å². The second-order valence-electron chi connectivity index (χ2n) is 5.06. The SMILES string of the molecule is O=C(c1ccoc1)N1C(Cc2ccccc2)CCS1(=O)=O. The Bertz CT molecular complexity index is 722. The van der Waals surface area contributed by atoms with Crippen molar-refractivity contribution in [3.05, 3.63) is 60.1 Å². The molecule has 1 aliphatic rings. The fourth-order valence-corrected chi connectivity index (χ4v) is 4.36. The van der Waals surface area contributed by atoms with Gasteiger partial charge in [-0.3, -0.25) is 4.79 Å². The van der Waals surface area contributed by atoms with Crippen molar-refractivity contribution in [1.29, 1.82) is 0 Å². The van der Waals surface area contributed by atoms with Crippen LogP contribution in [0.2, 0.25) is 0 Å². The zero-order chi connectivity index (χ0) is 14.9. The first kappa shape index (κ1) is 13.9. The molecule has 3 rings (SSSR count). The molecule has 110 valence electrons. The van der Waals surface area contributed by atoms with Crippen LogP contribution in [-0.4, -0.2) is 30.4 Å². The van der Waals surface area contributed by atoms with Gasteiger partial charge in [0.05, 0.1) is 23.6 Å². The summed E-state index contributed by atoms with van der Waals surface area (Å²) in [5, 5.41) is 0.